The summed E-state index contributed by atoms with van der Waals surface area (Å²) in [6.07, 6.45) is 7.57. The number of rotatable bonds is 18. The highest BCUT2D eigenvalue weighted by Gasteiger charge is 2.37. The summed E-state index contributed by atoms with van der Waals surface area (Å²) >= 11 is 0. The molecule has 1 aromatic rings. The van der Waals surface area contributed by atoms with Crippen molar-refractivity contribution in [3.8, 4) is 11.6 Å². The van der Waals surface area contributed by atoms with Gasteiger partial charge in [-0.2, -0.15) is 0 Å². The summed E-state index contributed by atoms with van der Waals surface area (Å²) in [5, 5.41) is 7.31. The van der Waals surface area contributed by atoms with Crippen molar-refractivity contribution >= 4 is 0 Å². The number of nitrogens with one attached hydrogen (secondary N) is 2. The fraction of sp³-hybridized carbons (Fsp3) is 0.853. The smallest absolute Gasteiger partial charge is 0.213 e. The Morgan fingerprint density at radius 3 is 2.05 bits per heavy atom. The monoisotopic (exact) mass is 591 g/mol. The molecule has 2 fully saturated rings. The molecule has 0 saturated heterocycles. The van der Waals surface area contributed by atoms with Crippen LogP contribution in [0.2, 0.25) is 0 Å². The molecule has 2 aliphatic carbocycles. The molecule has 0 aromatic carbocycles. The Labute approximate surface area is 256 Å². The lowest BCUT2D eigenvalue weighted by molar-refractivity contribution is -0.111. The van der Waals surface area contributed by atoms with E-state index in [2.05, 4.69) is 84.9 Å². The van der Waals surface area contributed by atoms with Gasteiger partial charge in [-0.15, -0.1) is 0 Å². The average molecular weight is 592 g/mol. The highest BCUT2D eigenvalue weighted by molar-refractivity contribution is 5.23. The molecule has 0 spiro atoms. The number of hydrogen-bond donors (Lipinski definition) is 2. The van der Waals surface area contributed by atoms with Crippen molar-refractivity contribution in [1.29, 1.82) is 0 Å². The molecule has 1 heterocycles. The van der Waals surface area contributed by atoms with E-state index >= 15 is 0 Å². The Balaban J connectivity index is 1.22. The van der Waals surface area contributed by atoms with Crippen LogP contribution in [0.1, 0.15) is 101 Å². The fourth-order valence-electron chi connectivity index (χ4n) is 5.69. The van der Waals surface area contributed by atoms with Crippen LogP contribution in [-0.2, 0) is 14.2 Å². The maximum absolute atomic E-state index is 6.09. The zero-order valence-electron chi connectivity index (χ0n) is 28.3. The number of nitrogens with zero attached hydrogens (tertiary/aromatic N) is 1. The molecule has 0 unspecified atom stereocenters. The first-order valence-corrected chi connectivity index (χ1v) is 16.1. The first-order chi connectivity index (χ1) is 19.5. The van der Waals surface area contributed by atoms with E-state index in [1.807, 2.05) is 12.1 Å². The van der Waals surface area contributed by atoms with Crippen LogP contribution < -0.4 is 20.1 Å². The van der Waals surface area contributed by atoms with Crippen LogP contribution in [0, 0.1) is 10.8 Å². The first-order valence-electron chi connectivity index (χ1n) is 16.1. The van der Waals surface area contributed by atoms with E-state index in [1.165, 1.54) is 0 Å². The molecule has 0 aliphatic heterocycles. The Hall–Kier alpha value is -1.45. The summed E-state index contributed by atoms with van der Waals surface area (Å²) in [5.41, 5.74) is 0.328. The van der Waals surface area contributed by atoms with Gasteiger partial charge in [-0.25, -0.2) is 4.98 Å². The van der Waals surface area contributed by atoms with E-state index in [0.717, 1.165) is 57.6 Å². The third-order valence-corrected chi connectivity index (χ3v) is 7.52. The maximum atomic E-state index is 6.09. The van der Waals surface area contributed by atoms with Crippen molar-refractivity contribution in [2.45, 2.75) is 137 Å². The molecule has 0 amide bonds. The minimum absolute atomic E-state index is 0.00658. The molecule has 8 heteroatoms. The third-order valence-electron chi connectivity index (χ3n) is 7.52. The molecule has 0 atom stereocenters. The van der Waals surface area contributed by atoms with Gasteiger partial charge in [-0.1, -0.05) is 34.6 Å². The van der Waals surface area contributed by atoms with Crippen molar-refractivity contribution in [3.05, 3.63) is 18.3 Å². The summed E-state index contributed by atoms with van der Waals surface area (Å²) in [6, 6.07) is 4.30. The van der Waals surface area contributed by atoms with Gasteiger partial charge < -0.3 is 34.3 Å². The predicted molar refractivity (Wildman–Crippen MR) is 170 cm³/mol. The fourth-order valence-corrected chi connectivity index (χ4v) is 5.69. The lowest BCUT2D eigenvalue weighted by Gasteiger charge is -2.43. The normalized spacial score (nSPS) is 23.3. The molecule has 1 aromatic heterocycles. The third kappa shape index (κ3) is 13.9. The number of pyridine rings is 1. The first kappa shape index (κ1) is 35.0. The van der Waals surface area contributed by atoms with Gasteiger partial charge >= 0.3 is 0 Å². The van der Waals surface area contributed by atoms with E-state index in [4.69, 9.17) is 23.7 Å². The zero-order valence-corrected chi connectivity index (χ0v) is 28.3. The van der Waals surface area contributed by atoms with Crippen molar-refractivity contribution < 1.29 is 23.7 Å². The Kier molecular flexibility index (Phi) is 12.5. The standard InChI is InChI=1S/C34H61N3O5/c1-31(2,3)23-41-26-11-12-30(35-21-26)42-29-17-25(18-29)37-34(9,10)22-33(7,8)24-38-15-16-40-28-19-27(20-28)39-14-13-36-32(4,5)6/h11-12,21,25,27-29,36-37H,13-20,22-24H2,1-10H3/t25-,27-,28-,29+. The van der Waals surface area contributed by atoms with Gasteiger partial charge in [0.2, 0.25) is 5.88 Å². The molecule has 2 aliphatic rings. The minimum atomic E-state index is 0.00658. The van der Waals surface area contributed by atoms with Gasteiger partial charge in [0.05, 0.1) is 51.4 Å². The van der Waals surface area contributed by atoms with Crippen molar-refractivity contribution in [2.75, 3.05) is 39.6 Å². The topological polar surface area (TPSA) is 83.1 Å². The van der Waals surface area contributed by atoms with Crippen LogP contribution in [0.4, 0.5) is 0 Å². The van der Waals surface area contributed by atoms with Crippen LogP contribution >= 0.6 is 0 Å². The molecule has 42 heavy (non-hydrogen) atoms. The predicted octanol–water partition coefficient (Wildman–Crippen LogP) is 6.17. The maximum Gasteiger partial charge on any atom is 0.213 e. The average Bonchev–Trinajstić information content (AvgIpc) is 2.80. The largest absolute Gasteiger partial charge is 0.491 e. The summed E-state index contributed by atoms with van der Waals surface area (Å²) in [5.74, 6) is 1.45. The molecule has 2 saturated carbocycles. The van der Waals surface area contributed by atoms with Gasteiger partial charge in [0.15, 0.2) is 0 Å². The number of hydrogen-bond acceptors (Lipinski definition) is 8. The van der Waals surface area contributed by atoms with E-state index < -0.39 is 0 Å². The van der Waals surface area contributed by atoms with Crippen LogP contribution in [0.25, 0.3) is 0 Å². The quantitative estimate of drug-likeness (QED) is 0.196. The molecule has 3 rings (SSSR count). The molecule has 0 bridgehead atoms. The Bertz CT molecular complexity index is 911. The van der Waals surface area contributed by atoms with Crippen molar-refractivity contribution in [1.82, 2.24) is 15.6 Å². The van der Waals surface area contributed by atoms with E-state index in [0.29, 0.717) is 44.0 Å². The number of aromatic nitrogens is 1. The van der Waals surface area contributed by atoms with E-state index in [9.17, 15) is 0 Å². The van der Waals surface area contributed by atoms with Crippen LogP contribution in [0.5, 0.6) is 11.6 Å². The SMILES string of the molecule is CC(C)(C)COc1ccc(O[C@H]2C[C@@H](NC(C)(C)CC(C)(C)COCCO[C@H]3C[C@H](OCCNC(C)(C)C)C3)C2)nc1. The second-order valence-corrected chi connectivity index (χ2v) is 16.1. The van der Waals surface area contributed by atoms with Gasteiger partial charge in [0.1, 0.15) is 11.9 Å². The molecule has 0 radical (unpaired) electrons. The van der Waals surface area contributed by atoms with Gasteiger partial charge in [-0.3, -0.25) is 0 Å². The minimum Gasteiger partial charge on any atom is -0.491 e. The van der Waals surface area contributed by atoms with Crippen molar-refractivity contribution in [3.63, 3.8) is 0 Å². The van der Waals surface area contributed by atoms with Crippen molar-refractivity contribution in [2.24, 2.45) is 10.8 Å². The summed E-state index contributed by atoms with van der Waals surface area (Å²) in [6.45, 7) is 26.4. The molecule has 8 nitrogen and oxygen atoms in total. The lowest BCUT2D eigenvalue weighted by atomic mass is 9.78. The zero-order chi connectivity index (χ0) is 31.0. The molecular weight excluding hydrogens is 530 g/mol. The van der Waals surface area contributed by atoms with Gasteiger partial charge in [-0.05, 0) is 83.6 Å². The molecule has 2 N–H and O–H groups in total. The van der Waals surface area contributed by atoms with Gasteiger partial charge in [0.25, 0.3) is 0 Å². The summed E-state index contributed by atoms with van der Waals surface area (Å²) in [4.78, 5) is 4.43. The highest BCUT2D eigenvalue weighted by atomic mass is 16.5. The summed E-state index contributed by atoms with van der Waals surface area (Å²) < 4.78 is 29.9. The highest BCUT2D eigenvalue weighted by Crippen LogP contribution is 2.33. The molecule has 242 valence electrons. The molecular formula is C34H61N3O5. The van der Waals surface area contributed by atoms with Crippen LogP contribution in [-0.4, -0.2) is 80.0 Å². The second kappa shape index (κ2) is 15.0. The number of ether oxygens (including phenoxy) is 5. The Morgan fingerprint density at radius 2 is 1.45 bits per heavy atom. The van der Waals surface area contributed by atoms with E-state index in [1.54, 1.807) is 6.20 Å². The lowest BCUT2D eigenvalue weighted by Crippen LogP contribution is -2.55. The van der Waals surface area contributed by atoms with Crippen LogP contribution in [0.3, 0.4) is 0 Å². The van der Waals surface area contributed by atoms with Gasteiger partial charge in [0, 0.05) is 29.7 Å². The summed E-state index contributed by atoms with van der Waals surface area (Å²) in [7, 11) is 0. The Morgan fingerprint density at radius 1 is 0.786 bits per heavy atom. The van der Waals surface area contributed by atoms with E-state index in [-0.39, 0.29) is 28.0 Å². The van der Waals surface area contributed by atoms with Crippen LogP contribution in [0.15, 0.2) is 18.3 Å². The second-order valence-electron chi connectivity index (χ2n) is 16.1.